The number of amides is 1. The Morgan fingerprint density at radius 3 is 2.69 bits per heavy atom. The molecule has 0 fully saturated rings. The first kappa shape index (κ1) is 22.0. The van der Waals surface area contributed by atoms with Gasteiger partial charge in [-0.05, 0) is 50.2 Å². The highest BCUT2D eigenvalue weighted by atomic mass is 32.2. The van der Waals surface area contributed by atoms with E-state index in [9.17, 15) is 13.2 Å². The molecule has 32 heavy (non-hydrogen) atoms. The fraction of sp³-hybridized carbons (Fsp3) is 0.217. The van der Waals surface area contributed by atoms with Gasteiger partial charge in [0.05, 0.1) is 17.3 Å². The van der Waals surface area contributed by atoms with Crippen molar-refractivity contribution in [2.24, 2.45) is 0 Å². The first-order valence-corrected chi connectivity index (χ1v) is 12.6. The quantitative estimate of drug-likeness (QED) is 0.386. The molecule has 166 valence electrons. The molecule has 2 aromatic heterocycles. The second-order valence-electron chi connectivity index (χ2n) is 7.21. The molecule has 0 saturated heterocycles. The third-order valence-corrected chi connectivity index (χ3v) is 7.27. The molecule has 0 bridgehead atoms. The van der Waals surface area contributed by atoms with Crippen LogP contribution in [0.4, 0.5) is 5.13 Å². The van der Waals surface area contributed by atoms with Crippen molar-refractivity contribution in [3.05, 3.63) is 59.5 Å². The minimum Gasteiger partial charge on any atom is -0.494 e. The average Bonchev–Trinajstić information content (AvgIpc) is 3.39. The van der Waals surface area contributed by atoms with Gasteiger partial charge in [-0.3, -0.25) is 4.79 Å². The Kier molecular flexibility index (Phi) is 6.29. The van der Waals surface area contributed by atoms with Gasteiger partial charge in [0.25, 0.3) is 0 Å². The lowest BCUT2D eigenvalue weighted by Gasteiger charge is -2.05. The topological polar surface area (TPSA) is 98.5 Å². The Morgan fingerprint density at radius 1 is 1.16 bits per heavy atom. The molecule has 0 aliphatic carbocycles. The van der Waals surface area contributed by atoms with E-state index in [-0.39, 0.29) is 17.1 Å². The maximum absolute atomic E-state index is 12.4. The number of carbonyl (C=O) groups is 1. The molecule has 2 aromatic carbocycles. The minimum absolute atomic E-state index is 0.157. The van der Waals surface area contributed by atoms with Gasteiger partial charge in [-0.25, -0.2) is 13.4 Å². The maximum atomic E-state index is 12.4. The lowest BCUT2D eigenvalue weighted by Crippen LogP contribution is -2.17. The Bertz CT molecular complexity index is 1350. The third kappa shape index (κ3) is 5.00. The van der Waals surface area contributed by atoms with E-state index in [0.717, 1.165) is 16.7 Å². The number of fused-ring (bicyclic) bond motifs is 1. The number of nitrogens with one attached hydrogen (secondary N) is 1. The number of benzene rings is 2. The Balaban J connectivity index is 1.40. The van der Waals surface area contributed by atoms with Crippen LogP contribution in [-0.2, 0) is 14.6 Å². The van der Waals surface area contributed by atoms with Gasteiger partial charge in [0, 0.05) is 17.2 Å². The molecular formula is C23H22N2O5S2. The number of aryl methyl sites for hydroxylation is 1. The van der Waals surface area contributed by atoms with E-state index >= 15 is 0 Å². The molecule has 7 nitrogen and oxygen atoms in total. The van der Waals surface area contributed by atoms with E-state index in [4.69, 9.17) is 9.15 Å². The van der Waals surface area contributed by atoms with Crippen molar-refractivity contribution < 1.29 is 22.4 Å². The summed E-state index contributed by atoms with van der Waals surface area (Å²) in [5.41, 5.74) is 2.27. The monoisotopic (exact) mass is 470 g/mol. The van der Waals surface area contributed by atoms with Crippen LogP contribution in [0.15, 0.2) is 63.2 Å². The second kappa shape index (κ2) is 9.13. The van der Waals surface area contributed by atoms with Gasteiger partial charge in [-0.1, -0.05) is 17.7 Å². The molecule has 9 heteroatoms. The van der Waals surface area contributed by atoms with E-state index in [1.807, 2.05) is 38.1 Å². The molecule has 0 atom stereocenters. The minimum atomic E-state index is -3.53. The second-order valence-corrected chi connectivity index (χ2v) is 10.2. The molecule has 4 rings (SSSR count). The molecular weight excluding hydrogens is 448 g/mol. The van der Waals surface area contributed by atoms with Crippen LogP contribution in [0, 0.1) is 6.92 Å². The van der Waals surface area contributed by atoms with Crippen molar-refractivity contribution in [2.45, 2.75) is 25.2 Å². The number of furan rings is 1. The zero-order valence-electron chi connectivity index (χ0n) is 17.6. The summed E-state index contributed by atoms with van der Waals surface area (Å²) in [4.78, 5) is 16.9. The fourth-order valence-corrected chi connectivity index (χ4v) is 5.08. The number of aromatic nitrogens is 1. The van der Waals surface area contributed by atoms with E-state index < -0.39 is 15.7 Å². The van der Waals surface area contributed by atoms with Gasteiger partial charge < -0.3 is 14.5 Å². The molecule has 2 heterocycles. The predicted molar refractivity (Wildman–Crippen MR) is 125 cm³/mol. The number of rotatable bonds is 8. The number of ether oxygens (including phenoxy) is 1. The van der Waals surface area contributed by atoms with E-state index in [1.54, 1.807) is 29.6 Å². The number of sulfone groups is 1. The number of anilines is 1. The summed E-state index contributed by atoms with van der Waals surface area (Å²) in [7, 11) is -3.53. The smallest absolute Gasteiger partial charge is 0.227 e. The fourth-order valence-electron chi connectivity index (χ4n) is 3.12. The van der Waals surface area contributed by atoms with Crippen molar-refractivity contribution in [2.75, 3.05) is 17.7 Å². The van der Waals surface area contributed by atoms with Gasteiger partial charge in [0.2, 0.25) is 5.91 Å². The van der Waals surface area contributed by atoms with Crippen LogP contribution < -0.4 is 10.1 Å². The summed E-state index contributed by atoms with van der Waals surface area (Å²) in [6.07, 6.45) is -0.157. The van der Waals surface area contributed by atoms with Crippen molar-refractivity contribution >= 4 is 43.2 Å². The zero-order valence-corrected chi connectivity index (χ0v) is 19.3. The highest BCUT2D eigenvalue weighted by molar-refractivity contribution is 7.91. The summed E-state index contributed by atoms with van der Waals surface area (Å²) in [6, 6.07) is 14.0. The SMILES string of the molecule is CCOc1ccc2oc(-c3csc(NC(=O)CCS(=O)(=O)c4ccc(C)cc4)n3)cc2c1. The third-order valence-electron chi connectivity index (χ3n) is 4.78. The van der Waals surface area contributed by atoms with Crippen LogP contribution in [0.3, 0.4) is 0 Å². The highest BCUT2D eigenvalue weighted by Crippen LogP contribution is 2.32. The summed E-state index contributed by atoms with van der Waals surface area (Å²) in [5.74, 6) is 0.658. The summed E-state index contributed by atoms with van der Waals surface area (Å²) >= 11 is 1.25. The van der Waals surface area contributed by atoms with Crippen LogP contribution in [0.5, 0.6) is 5.75 Å². The van der Waals surface area contributed by atoms with Gasteiger partial charge in [0.1, 0.15) is 17.0 Å². The first-order valence-electron chi connectivity index (χ1n) is 10.1. The number of nitrogens with zero attached hydrogens (tertiary/aromatic N) is 1. The van der Waals surface area contributed by atoms with Crippen LogP contribution >= 0.6 is 11.3 Å². The standard InChI is InChI=1S/C23H22N2O5S2/c1-3-29-17-6-9-20-16(12-17)13-21(30-20)19-14-31-23(24-19)25-22(26)10-11-32(27,28)18-7-4-15(2)5-8-18/h4-9,12-14H,3,10-11H2,1-2H3,(H,24,25,26). The van der Waals surface area contributed by atoms with Gasteiger partial charge >= 0.3 is 0 Å². The molecule has 0 saturated carbocycles. The number of thiazole rings is 1. The van der Waals surface area contributed by atoms with Crippen molar-refractivity contribution in [3.8, 4) is 17.2 Å². The molecule has 0 radical (unpaired) electrons. The first-order chi connectivity index (χ1) is 15.3. The lowest BCUT2D eigenvalue weighted by molar-refractivity contribution is -0.115. The number of carbonyl (C=O) groups excluding carboxylic acids is 1. The molecule has 0 aliphatic rings. The Morgan fingerprint density at radius 2 is 1.94 bits per heavy atom. The van der Waals surface area contributed by atoms with Crippen LogP contribution in [0.1, 0.15) is 18.9 Å². The van der Waals surface area contributed by atoms with Crippen molar-refractivity contribution in [1.29, 1.82) is 0 Å². The van der Waals surface area contributed by atoms with Gasteiger partial charge in [0.15, 0.2) is 20.7 Å². The van der Waals surface area contributed by atoms with E-state index in [1.165, 1.54) is 11.3 Å². The van der Waals surface area contributed by atoms with E-state index in [0.29, 0.717) is 28.8 Å². The summed E-state index contributed by atoms with van der Waals surface area (Å²) < 4.78 is 36.2. The molecule has 0 unspecified atom stereocenters. The predicted octanol–water partition coefficient (Wildman–Crippen LogP) is 5.07. The molecule has 0 spiro atoms. The Labute approximate surface area is 190 Å². The van der Waals surface area contributed by atoms with Gasteiger partial charge in [-0.2, -0.15) is 0 Å². The van der Waals surface area contributed by atoms with Crippen LogP contribution in [-0.4, -0.2) is 31.7 Å². The Hall–Kier alpha value is -3.17. The average molecular weight is 471 g/mol. The molecule has 1 amide bonds. The summed E-state index contributed by atoms with van der Waals surface area (Å²) in [5, 5.41) is 5.72. The van der Waals surface area contributed by atoms with Gasteiger partial charge in [-0.15, -0.1) is 11.3 Å². The van der Waals surface area contributed by atoms with Crippen LogP contribution in [0.25, 0.3) is 22.4 Å². The molecule has 0 aliphatic heterocycles. The van der Waals surface area contributed by atoms with Crippen LogP contribution in [0.2, 0.25) is 0 Å². The largest absolute Gasteiger partial charge is 0.494 e. The lowest BCUT2D eigenvalue weighted by atomic mass is 10.2. The summed E-state index contributed by atoms with van der Waals surface area (Å²) in [6.45, 7) is 4.39. The maximum Gasteiger partial charge on any atom is 0.227 e. The molecule has 4 aromatic rings. The van der Waals surface area contributed by atoms with E-state index in [2.05, 4.69) is 10.3 Å². The van der Waals surface area contributed by atoms with Crippen molar-refractivity contribution in [3.63, 3.8) is 0 Å². The number of hydrogen-bond acceptors (Lipinski definition) is 7. The molecule has 1 N–H and O–H groups in total. The highest BCUT2D eigenvalue weighted by Gasteiger charge is 2.18. The zero-order chi connectivity index (χ0) is 22.7. The number of hydrogen-bond donors (Lipinski definition) is 1. The van der Waals surface area contributed by atoms with Crippen molar-refractivity contribution in [1.82, 2.24) is 4.98 Å². The normalized spacial score (nSPS) is 11.6.